The highest BCUT2D eigenvalue weighted by Crippen LogP contribution is 2.28. The predicted octanol–water partition coefficient (Wildman–Crippen LogP) is 3.52. The molecule has 0 saturated carbocycles. The number of benzene rings is 2. The molecule has 0 aromatic heterocycles. The second kappa shape index (κ2) is 5.12. The van der Waals surface area contributed by atoms with Gasteiger partial charge in [0.25, 0.3) is 0 Å². The van der Waals surface area contributed by atoms with Gasteiger partial charge in [-0.15, -0.1) is 0 Å². The van der Waals surface area contributed by atoms with Crippen LogP contribution in [-0.2, 0) is 12.8 Å². The van der Waals surface area contributed by atoms with E-state index in [0.717, 1.165) is 25.3 Å². The van der Waals surface area contributed by atoms with Crippen LogP contribution in [0.1, 0.15) is 17.5 Å². The van der Waals surface area contributed by atoms with Gasteiger partial charge in [-0.25, -0.2) is 8.78 Å². The van der Waals surface area contributed by atoms with Gasteiger partial charge in [0.15, 0.2) is 5.82 Å². The van der Waals surface area contributed by atoms with Crippen LogP contribution in [0.25, 0.3) is 0 Å². The predicted molar refractivity (Wildman–Crippen MR) is 76.6 cm³/mol. The fourth-order valence-electron chi connectivity index (χ4n) is 2.75. The zero-order valence-electron chi connectivity index (χ0n) is 11.0. The Balaban J connectivity index is 1.80. The van der Waals surface area contributed by atoms with Gasteiger partial charge in [-0.3, -0.25) is 0 Å². The van der Waals surface area contributed by atoms with Gasteiger partial charge in [-0.05, 0) is 36.5 Å². The molecule has 0 saturated heterocycles. The van der Waals surface area contributed by atoms with Crippen LogP contribution in [-0.4, -0.2) is 6.04 Å². The molecule has 2 aromatic carbocycles. The summed E-state index contributed by atoms with van der Waals surface area (Å²) in [4.78, 5) is 0. The minimum absolute atomic E-state index is 0.0229. The SMILES string of the molecule is Nc1c(F)cc(F)cc1NC1CCc2ccccc2C1. The van der Waals surface area contributed by atoms with Crippen molar-refractivity contribution in [2.45, 2.75) is 25.3 Å². The number of fused-ring (bicyclic) bond motifs is 1. The van der Waals surface area contributed by atoms with Crippen molar-refractivity contribution in [3.63, 3.8) is 0 Å². The average molecular weight is 274 g/mol. The summed E-state index contributed by atoms with van der Waals surface area (Å²) in [6.45, 7) is 0. The lowest BCUT2D eigenvalue weighted by Crippen LogP contribution is -2.27. The van der Waals surface area contributed by atoms with E-state index >= 15 is 0 Å². The highest BCUT2D eigenvalue weighted by molar-refractivity contribution is 5.67. The summed E-state index contributed by atoms with van der Waals surface area (Å²) in [6.07, 6.45) is 2.73. The highest BCUT2D eigenvalue weighted by atomic mass is 19.1. The molecule has 1 aliphatic carbocycles. The maximum atomic E-state index is 13.4. The number of anilines is 2. The Morgan fingerprint density at radius 2 is 1.85 bits per heavy atom. The third-order valence-corrected chi connectivity index (χ3v) is 3.80. The summed E-state index contributed by atoms with van der Waals surface area (Å²) in [5.74, 6) is -1.33. The number of rotatable bonds is 2. The lowest BCUT2D eigenvalue weighted by atomic mass is 9.88. The molecule has 2 nitrogen and oxygen atoms in total. The molecule has 0 amide bonds. The van der Waals surface area contributed by atoms with Crippen molar-refractivity contribution in [2.24, 2.45) is 0 Å². The van der Waals surface area contributed by atoms with Crippen LogP contribution in [0.5, 0.6) is 0 Å². The van der Waals surface area contributed by atoms with E-state index < -0.39 is 11.6 Å². The number of halogens is 2. The molecule has 0 aliphatic heterocycles. The maximum absolute atomic E-state index is 13.4. The lowest BCUT2D eigenvalue weighted by molar-refractivity contribution is 0.582. The van der Waals surface area contributed by atoms with Crippen molar-refractivity contribution >= 4 is 11.4 Å². The number of hydrogen-bond acceptors (Lipinski definition) is 2. The molecular formula is C16H16F2N2. The van der Waals surface area contributed by atoms with Crippen molar-refractivity contribution in [1.82, 2.24) is 0 Å². The maximum Gasteiger partial charge on any atom is 0.151 e. The third-order valence-electron chi connectivity index (χ3n) is 3.80. The normalized spacial score (nSPS) is 17.6. The van der Waals surface area contributed by atoms with Crippen molar-refractivity contribution in [2.75, 3.05) is 11.1 Å². The molecule has 1 aliphatic rings. The Morgan fingerprint density at radius 3 is 2.65 bits per heavy atom. The van der Waals surface area contributed by atoms with Crippen LogP contribution in [0, 0.1) is 11.6 Å². The van der Waals surface area contributed by atoms with Crippen molar-refractivity contribution in [3.8, 4) is 0 Å². The van der Waals surface area contributed by atoms with E-state index in [9.17, 15) is 8.78 Å². The van der Waals surface area contributed by atoms with Gasteiger partial charge in [0, 0.05) is 12.1 Å². The zero-order chi connectivity index (χ0) is 14.1. The Morgan fingerprint density at radius 1 is 1.10 bits per heavy atom. The first-order valence-electron chi connectivity index (χ1n) is 6.71. The topological polar surface area (TPSA) is 38.0 Å². The summed E-state index contributed by atoms with van der Waals surface area (Å²) in [7, 11) is 0. The molecule has 3 rings (SSSR count). The van der Waals surface area contributed by atoms with Crippen LogP contribution in [0.15, 0.2) is 36.4 Å². The van der Waals surface area contributed by atoms with E-state index in [1.54, 1.807) is 0 Å². The fourth-order valence-corrected chi connectivity index (χ4v) is 2.75. The van der Waals surface area contributed by atoms with Crippen LogP contribution < -0.4 is 11.1 Å². The summed E-state index contributed by atoms with van der Waals surface area (Å²) < 4.78 is 26.7. The van der Waals surface area contributed by atoms with E-state index in [1.807, 2.05) is 12.1 Å². The van der Waals surface area contributed by atoms with Gasteiger partial charge in [0.1, 0.15) is 5.82 Å². The van der Waals surface area contributed by atoms with Gasteiger partial charge in [-0.2, -0.15) is 0 Å². The number of aryl methyl sites for hydroxylation is 1. The summed E-state index contributed by atoms with van der Waals surface area (Å²) >= 11 is 0. The first-order chi connectivity index (χ1) is 9.63. The van der Waals surface area contributed by atoms with E-state index in [-0.39, 0.29) is 11.7 Å². The van der Waals surface area contributed by atoms with Crippen molar-refractivity contribution in [1.29, 1.82) is 0 Å². The zero-order valence-corrected chi connectivity index (χ0v) is 11.0. The van der Waals surface area contributed by atoms with E-state index in [2.05, 4.69) is 17.4 Å². The third kappa shape index (κ3) is 2.46. The average Bonchev–Trinajstić information content (AvgIpc) is 2.44. The molecule has 3 N–H and O–H groups in total. The lowest BCUT2D eigenvalue weighted by Gasteiger charge is -2.27. The Bertz CT molecular complexity index is 640. The molecular weight excluding hydrogens is 258 g/mol. The summed E-state index contributed by atoms with van der Waals surface area (Å²) in [5, 5.41) is 3.17. The smallest absolute Gasteiger partial charge is 0.151 e. The van der Waals surface area contributed by atoms with Crippen LogP contribution in [0.2, 0.25) is 0 Å². The van der Waals surface area contributed by atoms with Crippen LogP contribution in [0.3, 0.4) is 0 Å². The molecule has 2 aromatic rings. The standard InChI is InChI=1S/C16H16F2N2/c17-12-8-14(18)16(19)15(9-12)20-13-6-5-10-3-1-2-4-11(10)7-13/h1-4,8-9,13,20H,5-7,19H2. The molecule has 4 heteroatoms. The van der Waals surface area contributed by atoms with Gasteiger partial charge in [0.05, 0.1) is 11.4 Å². The molecule has 20 heavy (non-hydrogen) atoms. The molecule has 1 atom stereocenters. The number of nitrogens with two attached hydrogens (primary N) is 1. The summed E-state index contributed by atoms with van der Waals surface area (Å²) in [5.41, 5.74) is 8.61. The molecule has 0 bridgehead atoms. The Kier molecular flexibility index (Phi) is 3.30. The number of hydrogen-bond donors (Lipinski definition) is 2. The van der Waals surface area contributed by atoms with Crippen LogP contribution >= 0.6 is 0 Å². The van der Waals surface area contributed by atoms with Crippen molar-refractivity contribution in [3.05, 3.63) is 59.2 Å². The largest absolute Gasteiger partial charge is 0.395 e. The highest BCUT2D eigenvalue weighted by Gasteiger charge is 2.19. The molecule has 0 fully saturated rings. The van der Waals surface area contributed by atoms with Crippen molar-refractivity contribution < 1.29 is 8.78 Å². The monoisotopic (exact) mass is 274 g/mol. The van der Waals surface area contributed by atoms with Gasteiger partial charge >= 0.3 is 0 Å². The minimum atomic E-state index is -0.719. The van der Waals surface area contributed by atoms with E-state index in [1.165, 1.54) is 17.2 Å². The molecule has 1 unspecified atom stereocenters. The fraction of sp³-hybridized carbons (Fsp3) is 0.250. The minimum Gasteiger partial charge on any atom is -0.395 e. The Hall–Kier alpha value is -2.10. The molecule has 104 valence electrons. The first-order valence-corrected chi connectivity index (χ1v) is 6.71. The Labute approximate surface area is 116 Å². The van der Waals surface area contributed by atoms with Gasteiger partial charge < -0.3 is 11.1 Å². The molecule has 0 heterocycles. The number of nitrogen functional groups attached to an aromatic ring is 1. The van der Waals surface area contributed by atoms with Gasteiger partial charge in [-0.1, -0.05) is 24.3 Å². The second-order valence-electron chi connectivity index (χ2n) is 5.20. The van der Waals surface area contributed by atoms with E-state index in [4.69, 9.17) is 5.73 Å². The molecule has 0 spiro atoms. The quantitative estimate of drug-likeness (QED) is 0.822. The second-order valence-corrected chi connectivity index (χ2v) is 5.20. The summed E-state index contributed by atoms with van der Waals surface area (Å²) in [6, 6.07) is 10.5. The number of nitrogens with one attached hydrogen (secondary N) is 1. The van der Waals surface area contributed by atoms with Gasteiger partial charge in [0.2, 0.25) is 0 Å². The first kappa shape index (κ1) is 12.9. The van der Waals surface area contributed by atoms with E-state index in [0.29, 0.717) is 5.69 Å². The van der Waals surface area contributed by atoms with Crippen LogP contribution in [0.4, 0.5) is 20.2 Å². The molecule has 0 radical (unpaired) electrons.